The number of carbonyl (C=O) groups excluding carboxylic acids is 4. The lowest BCUT2D eigenvalue weighted by molar-refractivity contribution is -0.157. The number of nitrogens with one attached hydrogen (secondary N) is 1. The molecule has 6 heterocycles. The molecule has 5 fully saturated rings. The van der Waals surface area contributed by atoms with Gasteiger partial charge in [-0.25, -0.2) is 0 Å². The molecule has 4 saturated heterocycles. The van der Waals surface area contributed by atoms with Crippen LogP contribution in [0.15, 0.2) is 48.7 Å². The number of halogens is 2. The molecule has 5 aliphatic rings. The van der Waals surface area contributed by atoms with Crippen molar-refractivity contribution in [1.29, 1.82) is 0 Å². The zero-order chi connectivity index (χ0) is 35.1. The van der Waals surface area contributed by atoms with E-state index in [0.29, 0.717) is 56.1 Å². The maximum absolute atomic E-state index is 14.3. The SMILES string of the molecule is O=C(N[C@H]1C[C@@H]2C[C@@H]2C[C@H]2CC[C@@H](C(=O)N3CC(C(=O)N4CC(c5ccccn5)C4)C3)N2C1=O)c1cc2cc(C(F)(F)P(=O)(O)O)ccc2s1. The molecule has 264 valence electrons. The fraction of sp³-hybridized carbons (Fsp3) is 0.500. The normalized spacial score (nSPS) is 27.2. The maximum atomic E-state index is 14.3. The van der Waals surface area contributed by atoms with Crippen molar-refractivity contribution < 1.29 is 42.3 Å². The fourth-order valence-electron chi connectivity index (χ4n) is 8.12. The van der Waals surface area contributed by atoms with Gasteiger partial charge in [0.25, 0.3) is 5.91 Å². The summed E-state index contributed by atoms with van der Waals surface area (Å²) in [5, 5.41) is 3.08. The Bertz CT molecular complexity index is 1930. The van der Waals surface area contributed by atoms with Crippen molar-refractivity contribution in [2.24, 2.45) is 17.8 Å². The van der Waals surface area contributed by atoms with Gasteiger partial charge >= 0.3 is 13.3 Å². The third-order valence-electron chi connectivity index (χ3n) is 11.1. The highest BCUT2D eigenvalue weighted by Crippen LogP contribution is 2.59. The molecule has 0 bridgehead atoms. The number of benzene rings is 1. The van der Waals surface area contributed by atoms with E-state index in [-0.39, 0.29) is 51.8 Å². The summed E-state index contributed by atoms with van der Waals surface area (Å²) < 4.78 is 40.5. The second-order valence-electron chi connectivity index (χ2n) is 14.3. The Morgan fingerprint density at radius 1 is 0.940 bits per heavy atom. The van der Waals surface area contributed by atoms with Gasteiger partial charge in [-0.05, 0) is 79.7 Å². The van der Waals surface area contributed by atoms with Gasteiger partial charge in [0.15, 0.2) is 0 Å². The highest BCUT2D eigenvalue weighted by molar-refractivity contribution is 7.52. The van der Waals surface area contributed by atoms with Crippen LogP contribution in [0, 0.1) is 17.8 Å². The summed E-state index contributed by atoms with van der Waals surface area (Å²) in [5.41, 5.74) is -4.28. The predicted octanol–water partition coefficient (Wildman–Crippen LogP) is 3.50. The Morgan fingerprint density at radius 3 is 2.40 bits per heavy atom. The molecule has 8 rings (SSSR count). The maximum Gasteiger partial charge on any atom is 0.399 e. The number of pyridine rings is 1. The van der Waals surface area contributed by atoms with Gasteiger partial charge in [0.2, 0.25) is 17.7 Å². The fourth-order valence-corrected chi connectivity index (χ4v) is 9.54. The third kappa shape index (κ3) is 5.81. The van der Waals surface area contributed by atoms with Crippen molar-refractivity contribution in [2.75, 3.05) is 26.2 Å². The van der Waals surface area contributed by atoms with E-state index in [1.165, 1.54) is 12.1 Å². The number of carbonyl (C=O) groups is 4. The van der Waals surface area contributed by atoms with Crippen LogP contribution in [0.5, 0.6) is 0 Å². The van der Waals surface area contributed by atoms with Gasteiger partial charge in [-0.15, -0.1) is 11.3 Å². The van der Waals surface area contributed by atoms with Crippen LogP contribution >= 0.6 is 18.9 Å². The summed E-state index contributed by atoms with van der Waals surface area (Å²) >= 11 is 1.02. The second kappa shape index (κ2) is 12.2. The number of rotatable bonds is 7. The Morgan fingerprint density at radius 2 is 1.68 bits per heavy atom. The van der Waals surface area contributed by atoms with Gasteiger partial charge in [0.05, 0.1) is 10.8 Å². The van der Waals surface area contributed by atoms with Crippen LogP contribution in [0.2, 0.25) is 0 Å². The number of nitrogens with zero attached hydrogens (tertiary/aromatic N) is 4. The van der Waals surface area contributed by atoms with E-state index in [2.05, 4.69) is 10.3 Å². The van der Waals surface area contributed by atoms with E-state index >= 15 is 0 Å². The molecule has 4 amide bonds. The van der Waals surface area contributed by atoms with Crippen LogP contribution in [-0.4, -0.2) is 97.4 Å². The summed E-state index contributed by atoms with van der Waals surface area (Å²) in [6, 6.07) is 8.62. The minimum absolute atomic E-state index is 0.0309. The predicted molar refractivity (Wildman–Crippen MR) is 177 cm³/mol. The van der Waals surface area contributed by atoms with Gasteiger partial charge in [-0.2, -0.15) is 8.78 Å². The van der Waals surface area contributed by atoms with Gasteiger partial charge < -0.3 is 29.8 Å². The summed E-state index contributed by atoms with van der Waals surface area (Å²) in [7, 11) is -5.77. The molecule has 1 aliphatic carbocycles. The highest BCUT2D eigenvalue weighted by Gasteiger charge is 2.53. The van der Waals surface area contributed by atoms with Crippen LogP contribution < -0.4 is 5.32 Å². The Hall–Kier alpha value is -3.78. The number of aromatic nitrogens is 1. The Kier molecular flexibility index (Phi) is 8.13. The van der Waals surface area contributed by atoms with Crippen molar-refractivity contribution in [3.63, 3.8) is 0 Å². The zero-order valence-electron chi connectivity index (χ0n) is 26.9. The van der Waals surface area contributed by atoms with Gasteiger partial charge in [-0.1, -0.05) is 12.1 Å². The molecule has 5 atom stereocenters. The number of hydrogen-bond acceptors (Lipinski definition) is 7. The molecule has 50 heavy (non-hydrogen) atoms. The molecular weight excluding hydrogens is 691 g/mol. The van der Waals surface area contributed by atoms with Crippen LogP contribution in [0.1, 0.15) is 59.0 Å². The molecular formula is C34H36F2N5O7PS. The summed E-state index contributed by atoms with van der Waals surface area (Å²) in [4.78, 5) is 82.5. The molecule has 0 spiro atoms. The molecule has 3 aromatic rings. The Labute approximate surface area is 290 Å². The summed E-state index contributed by atoms with van der Waals surface area (Å²) in [5.74, 6) is -0.404. The highest BCUT2D eigenvalue weighted by atomic mass is 32.1. The number of likely N-dealkylation sites (tertiary alicyclic amines) is 2. The first-order valence-electron chi connectivity index (χ1n) is 16.9. The number of fused-ring (bicyclic) bond motifs is 3. The zero-order valence-corrected chi connectivity index (χ0v) is 28.6. The molecule has 1 aromatic carbocycles. The first-order valence-corrected chi connectivity index (χ1v) is 19.3. The first kappa shape index (κ1) is 33.4. The standard InChI is InChI=1S/C34H36F2N5O7PS/c35-34(36,49(46,47)48)23-4-7-28-20(10-23)13-29(50-28)30(42)38-26-12-19-9-18(19)11-24-5-6-27(41(24)32(26)44)33(45)40-16-22(17-40)31(43)39-14-21(15-39)25-3-1-2-8-37-25/h1-4,7-8,10,13,18-19,21-22,24,26-27H,5-6,9,11-12,14-17H2,(H,38,42)(H2,46,47,48)/t18-,19+,24-,26+,27+/m1/s1. The van der Waals surface area contributed by atoms with Crippen molar-refractivity contribution in [1.82, 2.24) is 25.0 Å². The summed E-state index contributed by atoms with van der Waals surface area (Å²) in [6.07, 6.45) is 5.12. The third-order valence-corrected chi connectivity index (χ3v) is 13.2. The van der Waals surface area contributed by atoms with Crippen molar-refractivity contribution in [3.8, 4) is 0 Å². The topological polar surface area (TPSA) is 160 Å². The van der Waals surface area contributed by atoms with Crippen molar-refractivity contribution >= 4 is 52.6 Å². The van der Waals surface area contributed by atoms with Crippen LogP contribution in [-0.2, 0) is 24.6 Å². The minimum atomic E-state index is -5.77. The van der Waals surface area contributed by atoms with Crippen LogP contribution in [0.25, 0.3) is 10.1 Å². The quantitative estimate of drug-likeness (QED) is 0.312. The smallest absolute Gasteiger partial charge is 0.341 e. The van der Waals surface area contributed by atoms with Crippen LogP contribution in [0.3, 0.4) is 0 Å². The van der Waals surface area contributed by atoms with E-state index in [1.54, 1.807) is 16.0 Å². The van der Waals surface area contributed by atoms with Crippen molar-refractivity contribution in [2.45, 2.75) is 61.8 Å². The van der Waals surface area contributed by atoms with E-state index in [4.69, 9.17) is 9.79 Å². The monoisotopic (exact) mass is 727 g/mol. The lowest BCUT2D eigenvalue weighted by atomic mass is 9.90. The molecule has 4 aliphatic heterocycles. The molecule has 3 N–H and O–H groups in total. The molecule has 12 nitrogen and oxygen atoms in total. The van der Waals surface area contributed by atoms with E-state index in [0.717, 1.165) is 42.0 Å². The largest absolute Gasteiger partial charge is 0.399 e. The number of hydrogen-bond donors (Lipinski definition) is 3. The average Bonchev–Trinajstić information content (AvgIpc) is 3.39. The average molecular weight is 728 g/mol. The minimum Gasteiger partial charge on any atom is -0.341 e. The molecule has 0 radical (unpaired) electrons. The number of amides is 4. The van der Waals surface area contributed by atoms with E-state index < -0.39 is 36.8 Å². The molecule has 0 unspecified atom stereocenters. The van der Waals surface area contributed by atoms with Gasteiger partial charge in [0.1, 0.15) is 12.1 Å². The first-order chi connectivity index (χ1) is 23.8. The van der Waals surface area contributed by atoms with E-state index in [9.17, 15) is 32.5 Å². The van der Waals surface area contributed by atoms with E-state index in [1.807, 2.05) is 23.1 Å². The second-order valence-corrected chi connectivity index (χ2v) is 17.1. The van der Waals surface area contributed by atoms with Gasteiger partial charge in [-0.3, -0.25) is 28.7 Å². The number of thiophene rings is 1. The Balaban J connectivity index is 0.924. The lowest BCUT2D eigenvalue weighted by Crippen LogP contribution is -2.63. The molecule has 1 saturated carbocycles. The van der Waals surface area contributed by atoms with Gasteiger partial charge in [0, 0.05) is 60.3 Å². The molecule has 16 heteroatoms. The lowest BCUT2D eigenvalue weighted by Gasteiger charge is -2.46. The van der Waals surface area contributed by atoms with Crippen LogP contribution in [0.4, 0.5) is 8.78 Å². The van der Waals surface area contributed by atoms with Crippen molar-refractivity contribution in [3.05, 3.63) is 64.8 Å². The molecule has 2 aromatic heterocycles. The number of alkyl halides is 2. The summed E-state index contributed by atoms with van der Waals surface area (Å²) in [6.45, 7) is 1.84.